The van der Waals surface area contributed by atoms with E-state index in [1.54, 1.807) is 23.9 Å². The van der Waals surface area contributed by atoms with Gasteiger partial charge >= 0.3 is 0 Å². The second-order valence-corrected chi connectivity index (χ2v) is 7.18. The number of rotatable bonds is 7. The van der Waals surface area contributed by atoms with E-state index in [-0.39, 0.29) is 0 Å². The molecule has 0 unspecified atom stereocenters. The van der Waals surface area contributed by atoms with Crippen molar-refractivity contribution in [2.24, 2.45) is 0 Å². The van der Waals surface area contributed by atoms with Crippen LogP contribution in [0.1, 0.15) is 30.1 Å². The van der Waals surface area contributed by atoms with E-state index in [0.717, 1.165) is 28.2 Å². The smallest absolute Gasteiger partial charge is 0.195 e. The van der Waals surface area contributed by atoms with Crippen LogP contribution in [0.25, 0.3) is 5.69 Å². The molecule has 0 atom stereocenters. The molecule has 3 aromatic rings. The summed E-state index contributed by atoms with van der Waals surface area (Å²) in [6.45, 7) is 0.566. The normalized spacial score (nSPS) is 13.3. The number of nitrogens with zero attached hydrogens (tertiary/aromatic N) is 4. The first-order chi connectivity index (χ1) is 12.8. The van der Waals surface area contributed by atoms with Crippen molar-refractivity contribution in [3.63, 3.8) is 0 Å². The number of thioether (sulfide) groups is 1. The van der Waals surface area contributed by atoms with Crippen LogP contribution in [0.3, 0.4) is 0 Å². The van der Waals surface area contributed by atoms with Crippen molar-refractivity contribution < 1.29 is 4.74 Å². The van der Waals surface area contributed by atoms with Crippen molar-refractivity contribution >= 4 is 11.8 Å². The summed E-state index contributed by atoms with van der Waals surface area (Å²) in [5, 5.41) is 18.6. The molecule has 26 heavy (non-hydrogen) atoms. The first-order valence-electron chi connectivity index (χ1n) is 8.61. The van der Waals surface area contributed by atoms with Gasteiger partial charge in [-0.15, -0.1) is 10.2 Å². The molecule has 1 heterocycles. The van der Waals surface area contributed by atoms with Gasteiger partial charge in [0.1, 0.15) is 11.6 Å². The summed E-state index contributed by atoms with van der Waals surface area (Å²) in [5.74, 6) is 3.14. The molecular weight excluding hydrogens is 344 g/mol. The Morgan fingerprint density at radius 1 is 1.08 bits per heavy atom. The van der Waals surface area contributed by atoms with Gasteiger partial charge in [0.25, 0.3) is 0 Å². The number of aromatic nitrogens is 3. The number of benzene rings is 2. The molecule has 130 valence electrons. The van der Waals surface area contributed by atoms with Crippen LogP contribution in [0, 0.1) is 11.3 Å². The Morgan fingerprint density at radius 3 is 2.54 bits per heavy atom. The van der Waals surface area contributed by atoms with Gasteiger partial charge in [0.15, 0.2) is 5.16 Å². The second-order valence-electron chi connectivity index (χ2n) is 6.12. The standard InChI is InChI=1S/C20H18N4OS/c21-14-15-6-10-18(11-7-15)25-12-13-26-20-23-22-19(16-8-9-16)24(20)17-4-2-1-3-5-17/h1-7,10-11,16H,8-9,12-13H2. The lowest BCUT2D eigenvalue weighted by atomic mass is 10.2. The maximum Gasteiger partial charge on any atom is 0.195 e. The molecule has 1 aromatic heterocycles. The molecule has 5 nitrogen and oxygen atoms in total. The summed E-state index contributed by atoms with van der Waals surface area (Å²) >= 11 is 1.65. The van der Waals surface area contributed by atoms with E-state index in [2.05, 4.69) is 33.0 Å². The van der Waals surface area contributed by atoms with Gasteiger partial charge in [-0.1, -0.05) is 30.0 Å². The molecule has 0 amide bonds. The lowest BCUT2D eigenvalue weighted by Gasteiger charge is -2.10. The Balaban J connectivity index is 1.41. The predicted molar refractivity (Wildman–Crippen MR) is 101 cm³/mol. The number of hydrogen-bond donors (Lipinski definition) is 0. The number of nitriles is 1. The van der Waals surface area contributed by atoms with Crippen LogP contribution in [0.5, 0.6) is 5.75 Å². The van der Waals surface area contributed by atoms with Crippen molar-refractivity contribution in [3.8, 4) is 17.5 Å². The topological polar surface area (TPSA) is 63.7 Å². The first-order valence-corrected chi connectivity index (χ1v) is 9.60. The van der Waals surface area contributed by atoms with E-state index < -0.39 is 0 Å². The van der Waals surface area contributed by atoms with Gasteiger partial charge in [-0.25, -0.2) is 0 Å². The summed E-state index contributed by atoms with van der Waals surface area (Å²) in [6.07, 6.45) is 2.38. The molecule has 6 heteroatoms. The lowest BCUT2D eigenvalue weighted by Crippen LogP contribution is -2.04. The van der Waals surface area contributed by atoms with Gasteiger partial charge in [0.05, 0.1) is 18.2 Å². The average molecular weight is 362 g/mol. The van der Waals surface area contributed by atoms with Crippen molar-refractivity contribution in [3.05, 3.63) is 66.0 Å². The summed E-state index contributed by atoms with van der Waals surface area (Å²) < 4.78 is 7.92. The minimum Gasteiger partial charge on any atom is -0.493 e. The van der Waals surface area contributed by atoms with Gasteiger partial charge in [-0.05, 0) is 49.2 Å². The molecule has 1 aliphatic rings. The molecule has 0 bridgehead atoms. The fourth-order valence-electron chi connectivity index (χ4n) is 2.72. The zero-order valence-electron chi connectivity index (χ0n) is 14.2. The van der Waals surface area contributed by atoms with Gasteiger partial charge < -0.3 is 4.74 Å². The molecule has 0 saturated heterocycles. The molecule has 0 aliphatic heterocycles. The van der Waals surface area contributed by atoms with E-state index in [1.165, 1.54) is 12.8 Å². The van der Waals surface area contributed by atoms with Crippen molar-refractivity contribution in [2.75, 3.05) is 12.4 Å². The molecule has 2 aromatic carbocycles. The highest BCUT2D eigenvalue weighted by Gasteiger charge is 2.30. The molecule has 0 radical (unpaired) electrons. The van der Waals surface area contributed by atoms with Gasteiger partial charge in [0.2, 0.25) is 0 Å². The number of hydrogen-bond acceptors (Lipinski definition) is 5. The molecular formula is C20H18N4OS. The Bertz CT molecular complexity index is 911. The Hall–Kier alpha value is -2.78. The molecule has 1 fully saturated rings. The molecule has 1 saturated carbocycles. The third kappa shape index (κ3) is 3.73. The highest BCUT2D eigenvalue weighted by atomic mass is 32.2. The van der Waals surface area contributed by atoms with E-state index in [4.69, 9.17) is 10.00 Å². The minimum atomic E-state index is 0.534. The van der Waals surface area contributed by atoms with Crippen molar-refractivity contribution in [1.29, 1.82) is 5.26 Å². The molecule has 4 rings (SSSR count). The third-order valence-corrected chi connectivity index (χ3v) is 5.08. The lowest BCUT2D eigenvalue weighted by molar-refractivity contribution is 0.344. The molecule has 0 spiro atoms. The van der Waals surface area contributed by atoms with Crippen LogP contribution in [0.15, 0.2) is 59.8 Å². The van der Waals surface area contributed by atoms with Gasteiger partial charge in [-0.2, -0.15) is 5.26 Å². The summed E-state index contributed by atoms with van der Waals surface area (Å²) in [7, 11) is 0. The highest BCUT2D eigenvalue weighted by Crippen LogP contribution is 2.41. The van der Waals surface area contributed by atoms with E-state index >= 15 is 0 Å². The minimum absolute atomic E-state index is 0.534. The zero-order chi connectivity index (χ0) is 17.8. The fourth-order valence-corrected chi connectivity index (χ4v) is 3.49. The number of para-hydroxylation sites is 1. The fraction of sp³-hybridized carbons (Fsp3) is 0.250. The van der Waals surface area contributed by atoms with E-state index in [9.17, 15) is 0 Å². The van der Waals surface area contributed by atoms with E-state index in [1.807, 2.05) is 30.3 Å². The summed E-state index contributed by atoms with van der Waals surface area (Å²) in [6, 6.07) is 19.5. The van der Waals surface area contributed by atoms with E-state index in [0.29, 0.717) is 18.1 Å². The van der Waals surface area contributed by atoms with Crippen LogP contribution in [0.2, 0.25) is 0 Å². The average Bonchev–Trinajstić information content (AvgIpc) is 3.46. The Kier molecular flexibility index (Phi) is 4.89. The largest absolute Gasteiger partial charge is 0.493 e. The molecule has 0 N–H and O–H groups in total. The SMILES string of the molecule is N#Cc1ccc(OCCSc2nnc(C3CC3)n2-c2ccccc2)cc1. The van der Waals surface area contributed by atoms with Crippen LogP contribution in [0.4, 0.5) is 0 Å². The summed E-state index contributed by atoms with van der Waals surface area (Å²) in [5.41, 5.74) is 1.74. The van der Waals surface area contributed by atoms with Gasteiger partial charge in [-0.3, -0.25) is 4.57 Å². The zero-order valence-corrected chi connectivity index (χ0v) is 15.0. The van der Waals surface area contributed by atoms with Crippen LogP contribution in [-0.4, -0.2) is 27.1 Å². The predicted octanol–water partition coefficient (Wildman–Crippen LogP) is 4.19. The highest BCUT2D eigenvalue weighted by molar-refractivity contribution is 7.99. The second kappa shape index (κ2) is 7.63. The third-order valence-electron chi connectivity index (χ3n) is 4.18. The van der Waals surface area contributed by atoms with Crippen LogP contribution < -0.4 is 4.74 Å². The monoisotopic (exact) mass is 362 g/mol. The first kappa shape index (κ1) is 16.7. The van der Waals surface area contributed by atoms with Crippen molar-refractivity contribution in [2.45, 2.75) is 23.9 Å². The maximum absolute atomic E-state index is 8.82. The molecule has 1 aliphatic carbocycles. The van der Waals surface area contributed by atoms with Crippen LogP contribution >= 0.6 is 11.8 Å². The maximum atomic E-state index is 8.82. The summed E-state index contributed by atoms with van der Waals surface area (Å²) in [4.78, 5) is 0. The van der Waals surface area contributed by atoms with Crippen molar-refractivity contribution in [1.82, 2.24) is 14.8 Å². The number of ether oxygens (including phenoxy) is 1. The van der Waals surface area contributed by atoms with Gasteiger partial charge in [0, 0.05) is 17.4 Å². The Labute approximate surface area is 156 Å². The quantitative estimate of drug-likeness (QED) is 0.466. The Morgan fingerprint density at radius 2 is 1.85 bits per heavy atom. The van der Waals surface area contributed by atoms with Crippen LogP contribution in [-0.2, 0) is 0 Å².